The first kappa shape index (κ1) is 13.3. The molecule has 0 amide bonds. The number of aliphatic hydroxyl groups is 1. The van der Waals surface area contributed by atoms with Gasteiger partial charge in [-0.2, -0.15) is 0 Å². The second kappa shape index (κ2) is 7.54. The molecule has 90 valence electrons. The Morgan fingerprint density at radius 2 is 2.06 bits per heavy atom. The first-order valence-electron chi connectivity index (χ1n) is 5.64. The lowest BCUT2D eigenvalue weighted by molar-refractivity contribution is 0.180. The van der Waals surface area contributed by atoms with Gasteiger partial charge in [-0.05, 0) is 25.5 Å². The maximum Gasteiger partial charge on any atom is 0.149 e. The summed E-state index contributed by atoms with van der Waals surface area (Å²) >= 11 is 0. The average Bonchev–Trinajstić information content (AvgIpc) is 2.29. The molecule has 1 rings (SSSR count). The molecule has 1 N–H and O–H groups in total. The lowest BCUT2D eigenvalue weighted by Gasteiger charge is -2.05. The molecular weight excluding hydrogens is 212 g/mol. The van der Waals surface area contributed by atoms with Crippen molar-refractivity contribution in [1.82, 2.24) is 0 Å². The van der Waals surface area contributed by atoms with Crippen molar-refractivity contribution in [3.05, 3.63) is 42.5 Å². The first-order chi connectivity index (χ1) is 8.18. The summed E-state index contributed by atoms with van der Waals surface area (Å²) in [5, 5.41) is 9.53. The second-order valence-corrected chi connectivity index (χ2v) is 3.97. The Bertz CT molecular complexity index is 398. The largest absolute Gasteiger partial charge is 0.481 e. The summed E-state index contributed by atoms with van der Waals surface area (Å²) in [6, 6.07) is 9.54. The van der Waals surface area contributed by atoms with Crippen LogP contribution in [0.3, 0.4) is 0 Å². The van der Waals surface area contributed by atoms with E-state index in [1.165, 1.54) is 0 Å². The van der Waals surface area contributed by atoms with Crippen molar-refractivity contribution in [2.24, 2.45) is 0 Å². The van der Waals surface area contributed by atoms with Gasteiger partial charge in [0.15, 0.2) is 0 Å². The van der Waals surface area contributed by atoms with E-state index in [9.17, 15) is 5.11 Å². The highest BCUT2D eigenvalue weighted by molar-refractivity contribution is 5.21. The van der Waals surface area contributed by atoms with Gasteiger partial charge >= 0.3 is 0 Å². The zero-order valence-electron chi connectivity index (χ0n) is 10.1. The van der Waals surface area contributed by atoms with Crippen molar-refractivity contribution >= 4 is 0 Å². The molecule has 1 aromatic carbocycles. The first-order valence-corrected chi connectivity index (χ1v) is 5.64. The molecule has 0 saturated heterocycles. The van der Waals surface area contributed by atoms with Crippen molar-refractivity contribution in [1.29, 1.82) is 0 Å². The van der Waals surface area contributed by atoms with Crippen LogP contribution in [0, 0.1) is 11.8 Å². The Morgan fingerprint density at radius 3 is 2.71 bits per heavy atom. The van der Waals surface area contributed by atoms with Gasteiger partial charge in [-0.3, -0.25) is 0 Å². The van der Waals surface area contributed by atoms with Crippen LogP contribution in [0.2, 0.25) is 0 Å². The van der Waals surface area contributed by atoms with Crippen LogP contribution in [-0.4, -0.2) is 17.8 Å². The Balaban J connectivity index is 2.21. The number of ether oxygens (including phenoxy) is 1. The SMILES string of the molecule is C=C(C)C[C@H](O)CC#CCOc1ccccc1. The fourth-order valence-corrected chi connectivity index (χ4v) is 1.35. The van der Waals surface area contributed by atoms with Crippen LogP contribution >= 0.6 is 0 Å². The van der Waals surface area contributed by atoms with Gasteiger partial charge in [0.05, 0.1) is 6.10 Å². The van der Waals surface area contributed by atoms with E-state index < -0.39 is 6.10 Å². The van der Waals surface area contributed by atoms with Crippen LogP contribution in [-0.2, 0) is 0 Å². The molecule has 0 aromatic heterocycles. The standard InChI is InChI=1S/C15H18O2/c1-13(2)12-14(16)8-6-7-11-17-15-9-4-3-5-10-15/h3-5,9-10,14,16H,1,8,11-12H2,2H3/t14-/m1/s1. The molecule has 0 unspecified atom stereocenters. The van der Waals surface area contributed by atoms with Gasteiger partial charge in [-0.1, -0.05) is 35.6 Å². The third-order valence-corrected chi connectivity index (χ3v) is 2.10. The zero-order chi connectivity index (χ0) is 12.5. The Labute approximate surface area is 103 Å². The predicted octanol–water partition coefficient (Wildman–Crippen LogP) is 2.79. The normalized spacial score (nSPS) is 11.2. The van der Waals surface area contributed by atoms with Gasteiger partial charge in [-0.25, -0.2) is 0 Å². The molecule has 0 aliphatic heterocycles. The van der Waals surface area contributed by atoms with Crippen molar-refractivity contribution in [2.75, 3.05) is 6.61 Å². The van der Waals surface area contributed by atoms with Crippen molar-refractivity contribution < 1.29 is 9.84 Å². The van der Waals surface area contributed by atoms with E-state index in [0.717, 1.165) is 11.3 Å². The summed E-state index contributed by atoms with van der Waals surface area (Å²) in [6.07, 6.45) is 0.649. The molecule has 1 atom stereocenters. The summed E-state index contributed by atoms with van der Waals surface area (Å²) in [5.41, 5.74) is 0.972. The molecule has 0 bridgehead atoms. The third-order valence-electron chi connectivity index (χ3n) is 2.10. The third kappa shape index (κ3) is 6.44. The van der Waals surface area contributed by atoms with Crippen LogP contribution in [0.1, 0.15) is 19.8 Å². The minimum Gasteiger partial charge on any atom is -0.481 e. The summed E-state index contributed by atoms with van der Waals surface area (Å²) in [5.74, 6) is 6.58. The fraction of sp³-hybridized carbons (Fsp3) is 0.333. The smallest absolute Gasteiger partial charge is 0.149 e. The number of benzene rings is 1. The van der Waals surface area contributed by atoms with Crippen LogP contribution < -0.4 is 4.74 Å². The monoisotopic (exact) mass is 230 g/mol. The fourth-order valence-electron chi connectivity index (χ4n) is 1.35. The highest BCUT2D eigenvalue weighted by atomic mass is 16.5. The van der Waals surface area contributed by atoms with Crippen LogP contribution in [0.15, 0.2) is 42.5 Å². The van der Waals surface area contributed by atoms with E-state index in [2.05, 4.69) is 18.4 Å². The lowest BCUT2D eigenvalue weighted by Crippen LogP contribution is -2.05. The summed E-state index contributed by atoms with van der Waals surface area (Å²) in [4.78, 5) is 0. The van der Waals surface area contributed by atoms with Crippen molar-refractivity contribution in [3.8, 4) is 17.6 Å². The molecular formula is C15H18O2. The topological polar surface area (TPSA) is 29.5 Å². The average molecular weight is 230 g/mol. The molecule has 2 nitrogen and oxygen atoms in total. The minimum absolute atomic E-state index is 0.351. The summed E-state index contributed by atoms with van der Waals surface area (Å²) in [7, 11) is 0. The maximum absolute atomic E-state index is 9.53. The molecule has 0 fully saturated rings. The highest BCUT2D eigenvalue weighted by Gasteiger charge is 2.00. The minimum atomic E-state index is -0.420. The van der Waals surface area contributed by atoms with Gasteiger partial charge < -0.3 is 9.84 Å². The molecule has 0 spiro atoms. The maximum atomic E-state index is 9.53. The van der Waals surface area contributed by atoms with Gasteiger partial charge in [-0.15, -0.1) is 6.58 Å². The molecule has 0 aliphatic carbocycles. The summed E-state index contributed by atoms with van der Waals surface area (Å²) in [6.45, 7) is 6.00. The van der Waals surface area contributed by atoms with Crippen LogP contribution in [0.25, 0.3) is 0 Å². The number of hydrogen-bond donors (Lipinski definition) is 1. The number of para-hydroxylation sites is 1. The molecule has 0 saturated carbocycles. The van der Waals surface area contributed by atoms with Crippen LogP contribution in [0.5, 0.6) is 5.75 Å². The van der Waals surface area contributed by atoms with Crippen molar-refractivity contribution in [2.45, 2.75) is 25.9 Å². The van der Waals surface area contributed by atoms with E-state index in [1.807, 2.05) is 37.3 Å². The molecule has 17 heavy (non-hydrogen) atoms. The van der Waals surface area contributed by atoms with Gasteiger partial charge in [0.1, 0.15) is 12.4 Å². The van der Waals surface area contributed by atoms with Gasteiger partial charge in [0.2, 0.25) is 0 Å². The predicted molar refractivity (Wildman–Crippen MR) is 69.8 cm³/mol. The highest BCUT2D eigenvalue weighted by Crippen LogP contribution is 2.07. The number of hydrogen-bond acceptors (Lipinski definition) is 2. The number of aliphatic hydroxyl groups excluding tert-OH is 1. The van der Waals surface area contributed by atoms with E-state index in [4.69, 9.17) is 4.74 Å². The Hall–Kier alpha value is -1.72. The molecule has 0 radical (unpaired) electrons. The van der Waals surface area contributed by atoms with E-state index in [1.54, 1.807) is 0 Å². The Kier molecular flexibility index (Phi) is 5.92. The molecule has 0 aliphatic rings. The van der Waals surface area contributed by atoms with Crippen molar-refractivity contribution in [3.63, 3.8) is 0 Å². The summed E-state index contributed by atoms with van der Waals surface area (Å²) < 4.78 is 5.40. The molecule has 1 aromatic rings. The van der Waals surface area contributed by atoms with Gasteiger partial charge in [0.25, 0.3) is 0 Å². The number of rotatable bonds is 5. The molecule has 2 heteroatoms. The molecule has 0 heterocycles. The zero-order valence-corrected chi connectivity index (χ0v) is 10.1. The van der Waals surface area contributed by atoms with E-state index in [0.29, 0.717) is 19.4 Å². The Morgan fingerprint density at radius 1 is 1.35 bits per heavy atom. The van der Waals surface area contributed by atoms with E-state index >= 15 is 0 Å². The van der Waals surface area contributed by atoms with E-state index in [-0.39, 0.29) is 0 Å². The second-order valence-electron chi connectivity index (χ2n) is 3.97. The van der Waals surface area contributed by atoms with Crippen LogP contribution in [0.4, 0.5) is 0 Å². The lowest BCUT2D eigenvalue weighted by atomic mass is 10.1. The van der Waals surface area contributed by atoms with Gasteiger partial charge in [0, 0.05) is 6.42 Å². The quantitative estimate of drug-likeness (QED) is 0.622.